The molecule has 82 valence electrons. The van der Waals surface area contributed by atoms with E-state index in [4.69, 9.17) is 4.74 Å². The van der Waals surface area contributed by atoms with E-state index >= 15 is 0 Å². The van der Waals surface area contributed by atoms with Crippen LogP contribution in [0.1, 0.15) is 32.6 Å². The van der Waals surface area contributed by atoms with Crippen molar-refractivity contribution in [2.75, 3.05) is 20.7 Å². The lowest BCUT2D eigenvalue weighted by molar-refractivity contribution is 0.0348. The zero-order valence-corrected chi connectivity index (χ0v) is 9.70. The summed E-state index contributed by atoms with van der Waals surface area (Å²) in [6, 6.07) is 0. The Kier molecular flexibility index (Phi) is 5.02. The highest BCUT2D eigenvalue weighted by atomic mass is 16.5. The number of rotatable bonds is 3. The van der Waals surface area contributed by atoms with Crippen molar-refractivity contribution in [3.8, 4) is 0 Å². The zero-order chi connectivity index (χ0) is 10.4. The van der Waals surface area contributed by atoms with Crippen LogP contribution in [0.25, 0.3) is 0 Å². The largest absolute Gasteiger partial charge is 0.384 e. The molecule has 0 radical (unpaired) electrons. The molecule has 2 heteroatoms. The van der Waals surface area contributed by atoms with E-state index in [1.807, 2.05) is 0 Å². The van der Waals surface area contributed by atoms with E-state index in [1.165, 1.54) is 25.7 Å². The Bertz CT molecular complexity index is 169. The summed E-state index contributed by atoms with van der Waals surface area (Å²) < 4.78 is 5.83. The summed E-state index contributed by atoms with van der Waals surface area (Å²) in [4.78, 5) is 2.08. The van der Waals surface area contributed by atoms with Gasteiger partial charge in [-0.25, -0.2) is 0 Å². The molecule has 0 bridgehead atoms. The molecule has 1 fully saturated rings. The van der Waals surface area contributed by atoms with Gasteiger partial charge in [0.25, 0.3) is 0 Å². The first-order valence-corrected chi connectivity index (χ1v) is 5.66. The van der Waals surface area contributed by atoms with Gasteiger partial charge in [-0.2, -0.15) is 0 Å². The van der Waals surface area contributed by atoms with Gasteiger partial charge in [0.05, 0.1) is 6.10 Å². The second-order valence-corrected chi connectivity index (χ2v) is 4.42. The van der Waals surface area contributed by atoms with Gasteiger partial charge in [-0.15, -0.1) is 0 Å². The van der Waals surface area contributed by atoms with Crippen LogP contribution in [-0.4, -0.2) is 31.7 Å². The van der Waals surface area contributed by atoms with Gasteiger partial charge in [0.15, 0.2) is 0 Å². The Morgan fingerprint density at radius 2 is 2.07 bits per heavy atom. The predicted molar refractivity (Wildman–Crippen MR) is 60.2 cm³/mol. The van der Waals surface area contributed by atoms with Gasteiger partial charge in [-0.05, 0) is 19.0 Å². The van der Waals surface area contributed by atoms with Crippen molar-refractivity contribution < 1.29 is 4.74 Å². The molecule has 2 atom stereocenters. The second kappa shape index (κ2) is 6.07. The van der Waals surface area contributed by atoms with E-state index in [-0.39, 0.29) is 0 Å². The molecular formula is C12H23NO. The highest BCUT2D eigenvalue weighted by Gasteiger charge is 2.17. The van der Waals surface area contributed by atoms with Gasteiger partial charge >= 0.3 is 0 Å². The maximum Gasteiger partial charge on any atom is 0.0635 e. The van der Waals surface area contributed by atoms with E-state index in [9.17, 15) is 0 Å². The molecule has 1 aliphatic heterocycles. The number of nitrogens with zero attached hydrogens (tertiary/aromatic N) is 1. The molecule has 2 nitrogen and oxygen atoms in total. The van der Waals surface area contributed by atoms with Crippen LogP contribution in [0.15, 0.2) is 12.3 Å². The van der Waals surface area contributed by atoms with Gasteiger partial charge in [0.2, 0.25) is 0 Å². The number of hydrogen-bond donors (Lipinski definition) is 0. The van der Waals surface area contributed by atoms with Crippen LogP contribution in [0.3, 0.4) is 0 Å². The molecule has 0 amide bonds. The maximum absolute atomic E-state index is 5.83. The zero-order valence-electron chi connectivity index (χ0n) is 9.70. The van der Waals surface area contributed by atoms with E-state index < -0.39 is 0 Å². The molecule has 2 unspecified atom stereocenters. The number of hydrogen-bond acceptors (Lipinski definition) is 2. The SMILES string of the molecule is CC(/C=C/N(C)C)C1CCCCCO1. The Morgan fingerprint density at radius 3 is 2.79 bits per heavy atom. The smallest absolute Gasteiger partial charge is 0.0635 e. The van der Waals surface area contributed by atoms with Gasteiger partial charge in [-0.1, -0.05) is 25.8 Å². The van der Waals surface area contributed by atoms with Crippen molar-refractivity contribution in [1.29, 1.82) is 0 Å². The molecule has 0 saturated carbocycles. The summed E-state index contributed by atoms with van der Waals surface area (Å²) in [5, 5.41) is 0. The minimum atomic E-state index is 0.439. The highest BCUT2D eigenvalue weighted by Crippen LogP contribution is 2.20. The molecule has 0 aromatic rings. The monoisotopic (exact) mass is 197 g/mol. The van der Waals surface area contributed by atoms with Crippen LogP contribution < -0.4 is 0 Å². The van der Waals surface area contributed by atoms with Crippen molar-refractivity contribution in [2.24, 2.45) is 5.92 Å². The van der Waals surface area contributed by atoms with Crippen molar-refractivity contribution in [3.05, 3.63) is 12.3 Å². The first kappa shape index (κ1) is 11.6. The third-order valence-corrected chi connectivity index (χ3v) is 2.74. The lowest BCUT2D eigenvalue weighted by atomic mass is 10.00. The average molecular weight is 197 g/mol. The first-order valence-electron chi connectivity index (χ1n) is 5.66. The Morgan fingerprint density at radius 1 is 1.29 bits per heavy atom. The lowest BCUT2D eigenvalue weighted by Crippen LogP contribution is -2.20. The van der Waals surface area contributed by atoms with Crippen LogP contribution >= 0.6 is 0 Å². The molecule has 14 heavy (non-hydrogen) atoms. The summed E-state index contributed by atoms with van der Waals surface area (Å²) >= 11 is 0. The third kappa shape index (κ3) is 4.14. The van der Waals surface area contributed by atoms with E-state index in [2.05, 4.69) is 38.2 Å². The molecule has 1 saturated heterocycles. The van der Waals surface area contributed by atoms with Gasteiger partial charge < -0.3 is 9.64 Å². The molecule has 1 rings (SSSR count). The standard InChI is InChI=1S/C12H23NO/c1-11(8-9-13(2)3)12-7-5-4-6-10-14-12/h8-9,11-12H,4-7,10H2,1-3H3/b9-8+. The van der Waals surface area contributed by atoms with Gasteiger partial charge in [0.1, 0.15) is 0 Å². The Labute approximate surface area is 87.9 Å². The summed E-state index contributed by atoms with van der Waals surface area (Å²) in [6.07, 6.45) is 9.92. The third-order valence-electron chi connectivity index (χ3n) is 2.74. The van der Waals surface area contributed by atoms with E-state index in [0.717, 1.165) is 6.61 Å². The molecule has 1 aliphatic rings. The Hall–Kier alpha value is -0.500. The lowest BCUT2D eigenvalue weighted by Gasteiger charge is -2.20. The van der Waals surface area contributed by atoms with Gasteiger partial charge in [-0.3, -0.25) is 0 Å². The van der Waals surface area contributed by atoms with Crippen LogP contribution in [-0.2, 0) is 4.74 Å². The van der Waals surface area contributed by atoms with Crippen molar-refractivity contribution >= 4 is 0 Å². The molecule has 0 aromatic carbocycles. The minimum Gasteiger partial charge on any atom is -0.384 e. The topological polar surface area (TPSA) is 12.5 Å². The molecule has 1 heterocycles. The molecule has 0 aliphatic carbocycles. The summed E-state index contributed by atoms with van der Waals surface area (Å²) in [6.45, 7) is 3.20. The molecule has 0 aromatic heterocycles. The van der Waals surface area contributed by atoms with Crippen LogP contribution in [0.4, 0.5) is 0 Å². The minimum absolute atomic E-state index is 0.439. The van der Waals surface area contributed by atoms with Crippen LogP contribution in [0.2, 0.25) is 0 Å². The van der Waals surface area contributed by atoms with E-state index in [0.29, 0.717) is 12.0 Å². The van der Waals surface area contributed by atoms with Crippen molar-refractivity contribution in [2.45, 2.75) is 38.7 Å². The van der Waals surface area contributed by atoms with Crippen LogP contribution in [0.5, 0.6) is 0 Å². The maximum atomic E-state index is 5.83. The summed E-state index contributed by atoms with van der Waals surface area (Å²) in [5.41, 5.74) is 0. The molecular weight excluding hydrogens is 174 g/mol. The average Bonchev–Trinajstić information content (AvgIpc) is 2.42. The summed E-state index contributed by atoms with van der Waals surface area (Å²) in [7, 11) is 4.11. The normalized spacial score (nSPS) is 26.1. The van der Waals surface area contributed by atoms with Gasteiger partial charge in [0, 0.05) is 26.6 Å². The Balaban J connectivity index is 2.37. The number of ether oxygens (including phenoxy) is 1. The molecule has 0 spiro atoms. The fraction of sp³-hybridized carbons (Fsp3) is 0.833. The van der Waals surface area contributed by atoms with Crippen molar-refractivity contribution in [1.82, 2.24) is 4.90 Å². The first-order chi connectivity index (χ1) is 6.70. The van der Waals surface area contributed by atoms with Crippen LogP contribution in [0, 0.1) is 5.92 Å². The van der Waals surface area contributed by atoms with E-state index in [1.54, 1.807) is 0 Å². The van der Waals surface area contributed by atoms with Crippen molar-refractivity contribution in [3.63, 3.8) is 0 Å². The fourth-order valence-electron chi connectivity index (χ4n) is 1.79. The molecule has 0 N–H and O–H groups in total. The highest BCUT2D eigenvalue weighted by molar-refractivity contribution is 4.89. The quantitative estimate of drug-likeness (QED) is 0.689. The predicted octanol–water partition coefficient (Wildman–Crippen LogP) is 2.66. The fourth-order valence-corrected chi connectivity index (χ4v) is 1.79. The second-order valence-electron chi connectivity index (χ2n) is 4.42. The summed E-state index contributed by atoms with van der Waals surface area (Å²) in [5.74, 6) is 0.537.